The number of ether oxygens (including phenoxy) is 1. The number of amides is 2. The van der Waals surface area contributed by atoms with E-state index < -0.39 is 10.8 Å². The van der Waals surface area contributed by atoms with Gasteiger partial charge in [-0.05, 0) is 44.9 Å². The molecular weight excluding hydrogens is 364 g/mol. The largest absolute Gasteiger partial charge is 0.373 e. The Morgan fingerprint density at radius 2 is 1.85 bits per heavy atom. The normalized spacial score (nSPS) is 34.7. The summed E-state index contributed by atoms with van der Waals surface area (Å²) < 4.78 is 6.76. The zero-order valence-corrected chi connectivity index (χ0v) is 16.3. The van der Waals surface area contributed by atoms with Gasteiger partial charge in [0.25, 0.3) is 0 Å². The van der Waals surface area contributed by atoms with Gasteiger partial charge in [0.15, 0.2) is 10.9 Å². The third-order valence-electron chi connectivity index (χ3n) is 6.89. The molecule has 0 aliphatic carbocycles. The lowest BCUT2D eigenvalue weighted by atomic mass is 9.59. The Bertz CT molecular complexity index is 996. The second-order valence-electron chi connectivity index (χ2n) is 8.00. The summed E-state index contributed by atoms with van der Waals surface area (Å²) in [5.74, 6) is -0.374. The third-order valence-corrected chi connectivity index (χ3v) is 7.90. The van der Waals surface area contributed by atoms with Gasteiger partial charge in [-0.25, -0.2) is 9.88 Å². The van der Waals surface area contributed by atoms with Gasteiger partial charge in [0.05, 0.1) is 33.3 Å². The highest BCUT2D eigenvalue weighted by molar-refractivity contribution is 7.22. The zero-order valence-electron chi connectivity index (χ0n) is 15.4. The minimum absolute atomic E-state index is 0.0588. The van der Waals surface area contributed by atoms with E-state index in [1.807, 2.05) is 20.8 Å². The second kappa shape index (κ2) is 5.23. The van der Waals surface area contributed by atoms with Gasteiger partial charge >= 0.3 is 0 Å². The minimum atomic E-state index is -0.839. The summed E-state index contributed by atoms with van der Waals surface area (Å²) in [7, 11) is 0. The number of rotatable bonds is 3. The summed E-state index contributed by atoms with van der Waals surface area (Å²) in [4.78, 5) is 44.5. The van der Waals surface area contributed by atoms with E-state index in [0.717, 1.165) is 17.5 Å². The van der Waals surface area contributed by atoms with Crippen LogP contribution >= 0.6 is 11.3 Å². The molecule has 140 valence electrons. The van der Waals surface area contributed by atoms with Crippen LogP contribution in [0.25, 0.3) is 10.2 Å². The van der Waals surface area contributed by atoms with Crippen LogP contribution in [0.3, 0.4) is 0 Å². The van der Waals surface area contributed by atoms with E-state index in [2.05, 4.69) is 4.98 Å². The Kier molecular flexibility index (Phi) is 3.30. The summed E-state index contributed by atoms with van der Waals surface area (Å²) in [5.41, 5.74) is -0.362. The molecule has 3 aliphatic rings. The summed E-state index contributed by atoms with van der Waals surface area (Å²) in [5, 5.41) is 0.386. The van der Waals surface area contributed by atoms with Gasteiger partial charge in [-0.1, -0.05) is 18.3 Å². The Morgan fingerprint density at radius 1 is 1.22 bits per heavy atom. The maximum atomic E-state index is 13.4. The minimum Gasteiger partial charge on any atom is -0.373 e. The van der Waals surface area contributed by atoms with Crippen LogP contribution in [0.5, 0.6) is 0 Å². The van der Waals surface area contributed by atoms with Gasteiger partial charge in [0, 0.05) is 12.0 Å². The summed E-state index contributed by atoms with van der Waals surface area (Å²) in [6, 6.07) is 5.32. The summed E-state index contributed by atoms with van der Waals surface area (Å²) in [6.45, 7) is 5.55. The van der Waals surface area contributed by atoms with Crippen molar-refractivity contribution in [2.75, 3.05) is 4.90 Å². The molecule has 2 amide bonds. The van der Waals surface area contributed by atoms with Gasteiger partial charge in [0.2, 0.25) is 11.8 Å². The lowest BCUT2D eigenvalue weighted by Gasteiger charge is -2.36. The molecule has 7 heteroatoms. The van der Waals surface area contributed by atoms with E-state index in [1.54, 1.807) is 18.2 Å². The molecule has 27 heavy (non-hydrogen) atoms. The maximum absolute atomic E-state index is 13.4. The highest BCUT2D eigenvalue weighted by Gasteiger charge is 2.77. The van der Waals surface area contributed by atoms with E-state index in [1.165, 1.54) is 16.2 Å². The molecule has 2 unspecified atom stereocenters. The molecule has 0 radical (unpaired) electrons. The average molecular weight is 384 g/mol. The van der Waals surface area contributed by atoms with Gasteiger partial charge in [-0.15, -0.1) is 0 Å². The Labute approximate surface area is 160 Å². The number of carbonyl (C=O) groups is 3. The monoisotopic (exact) mass is 384 g/mol. The Morgan fingerprint density at radius 3 is 2.44 bits per heavy atom. The number of anilines is 1. The first-order valence-electron chi connectivity index (χ1n) is 9.30. The van der Waals surface area contributed by atoms with Gasteiger partial charge in [0.1, 0.15) is 0 Å². The number of aromatic nitrogens is 1. The van der Waals surface area contributed by atoms with E-state index in [-0.39, 0.29) is 29.8 Å². The van der Waals surface area contributed by atoms with Gasteiger partial charge in [-0.3, -0.25) is 14.4 Å². The molecule has 2 bridgehead atoms. The fourth-order valence-electron chi connectivity index (χ4n) is 4.99. The van der Waals surface area contributed by atoms with Crippen LogP contribution < -0.4 is 4.90 Å². The SMILES string of the molecule is CCC(=O)c1ccc2nc(N3C(=O)[C@@]4(C)C5CCC(O5)[C@@]4(C)C3=O)sc2c1. The van der Waals surface area contributed by atoms with Crippen LogP contribution in [0.15, 0.2) is 18.2 Å². The van der Waals surface area contributed by atoms with Gasteiger partial charge < -0.3 is 4.74 Å². The Hall–Kier alpha value is -2.12. The number of ketones is 1. The van der Waals surface area contributed by atoms with Crippen molar-refractivity contribution >= 4 is 44.3 Å². The number of nitrogens with zero attached hydrogens (tertiary/aromatic N) is 2. The number of Topliss-reactive ketones (excluding diaryl/α,β-unsaturated/α-hetero) is 1. The van der Waals surface area contributed by atoms with Crippen molar-refractivity contribution in [3.8, 4) is 0 Å². The van der Waals surface area contributed by atoms with E-state index in [9.17, 15) is 14.4 Å². The molecule has 3 saturated heterocycles. The highest BCUT2D eigenvalue weighted by atomic mass is 32.1. The molecule has 3 fully saturated rings. The van der Waals surface area contributed by atoms with E-state index >= 15 is 0 Å². The van der Waals surface area contributed by atoms with Gasteiger partial charge in [-0.2, -0.15) is 0 Å². The maximum Gasteiger partial charge on any atom is 0.245 e. The number of carbonyl (C=O) groups excluding carboxylic acids is 3. The van der Waals surface area contributed by atoms with Crippen LogP contribution in [0.1, 0.15) is 50.4 Å². The first-order valence-corrected chi connectivity index (χ1v) is 10.1. The number of hydrogen-bond acceptors (Lipinski definition) is 6. The van der Waals surface area contributed by atoms with Crippen LogP contribution in [0, 0.1) is 10.8 Å². The van der Waals surface area contributed by atoms with Crippen LogP contribution in [0.4, 0.5) is 5.13 Å². The molecule has 1 aromatic heterocycles. The number of hydrogen-bond donors (Lipinski definition) is 0. The summed E-state index contributed by atoms with van der Waals surface area (Å²) >= 11 is 1.28. The Balaban J connectivity index is 1.60. The number of benzene rings is 1. The van der Waals surface area contributed by atoms with Crippen LogP contribution in [-0.4, -0.2) is 34.8 Å². The van der Waals surface area contributed by atoms with Crippen molar-refractivity contribution in [1.82, 2.24) is 4.98 Å². The van der Waals surface area contributed by atoms with Crippen LogP contribution in [0.2, 0.25) is 0 Å². The van der Waals surface area contributed by atoms with Crippen molar-refractivity contribution in [3.05, 3.63) is 23.8 Å². The molecule has 2 aromatic rings. The van der Waals surface area contributed by atoms with Crippen molar-refractivity contribution < 1.29 is 19.1 Å². The van der Waals surface area contributed by atoms with Crippen LogP contribution in [-0.2, 0) is 14.3 Å². The smallest absolute Gasteiger partial charge is 0.245 e. The number of imide groups is 1. The van der Waals surface area contributed by atoms with E-state index in [4.69, 9.17) is 4.74 Å². The first-order chi connectivity index (χ1) is 12.8. The van der Waals surface area contributed by atoms with E-state index in [0.29, 0.717) is 22.6 Å². The second-order valence-corrected chi connectivity index (χ2v) is 9.01. The average Bonchev–Trinajstić information content (AvgIpc) is 3.38. The molecule has 4 atom stereocenters. The lowest BCUT2D eigenvalue weighted by molar-refractivity contribution is -0.132. The fourth-order valence-corrected chi connectivity index (χ4v) is 5.99. The predicted molar refractivity (Wildman–Crippen MR) is 101 cm³/mol. The number of thiazole rings is 1. The molecule has 0 N–H and O–H groups in total. The molecule has 1 aromatic carbocycles. The highest BCUT2D eigenvalue weighted by Crippen LogP contribution is 2.64. The van der Waals surface area contributed by atoms with Crippen molar-refractivity contribution in [3.63, 3.8) is 0 Å². The third kappa shape index (κ3) is 1.84. The van der Waals surface area contributed by atoms with Crippen molar-refractivity contribution in [2.45, 2.75) is 52.2 Å². The van der Waals surface area contributed by atoms with Crippen molar-refractivity contribution in [2.24, 2.45) is 10.8 Å². The van der Waals surface area contributed by atoms with Crippen molar-refractivity contribution in [1.29, 1.82) is 0 Å². The topological polar surface area (TPSA) is 76.6 Å². The first kappa shape index (κ1) is 17.0. The summed E-state index contributed by atoms with van der Waals surface area (Å²) in [6.07, 6.45) is 1.63. The molecule has 0 saturated carbocycles. The lowest BCUT2D eigenvalue weighted by Crippen LogP contribution is -2.48. The molecule has 0 spiro atoms. The molecule has 4 heterocycles. The number of fused-ring (bicyclic) bond motifs is 6. The molecular formula is C20H20N2O4S. The molecule has 6 nitrogen and oxygen atoms in total. The fraction of sp³-hybridized carbons (Fsp3) is 0.500. The predicted octanol–water partition coefficient (Wildman–Crippen LogP) is 3.34. The molecule has 3 aliphatic heterocycles. The standard InChI is InChI=1S/C20H20N2O4S/c1-4-12(23)10-5-6-11-13(9-10)27-18(21-11)22-16(24)19(2)14-7-8-15(26-14)20(19,3)17(22)25/h5-6,9,14-15H,4,7-8H2,1-3H3/t14?,15?,19-,20+. The molecule has 5 rings (SSSR count). The quantitative estimate of drug-likeness (QED) is 0.599. The zero-order chi connectivity index (χ0) is 19.1.